The van der Waals surface area contributed by atoms with Gasteiger partial charge in [-0.2, -0.15) is 5.10 Å². The summed E-state index contributed by atoms with van der Waals surface area (Å²) in [5.41, 5.74) is 18.9. The molecule has 0 spiro atoms. The van der Waals surface area contributed by atoms with Crippen molar-refractivity contribution < 1.29 is 5.11 Å². The summed E-state index contributed by atoms with van der Waals surface area (Å²) in [6.07, 6.45) is 10.2. The number of rotatable bonds is 4. The second-order valence-electron chi connectivity index (χ2n) is 6.53. The van der Waals surface area contributed by atoms with E-state index < -0.39 is 0 Å². The fraction of sp³-hybridized carbons (Fsp3) is 0.150. The first-order valence-electron chi connectivity index (χ1n) is 8.80. The Bertz CT molecular complexity index is 1010. The van der Waals surface area contributed by atoms with Crippen LogP contribution in [0.2, 0.25) is 0 Å². The van der Waals surface area contributed by atoms with Gasteiger partial charge < -0.3 is 26.9 Å². The van der Waals surface area contributed by atoms with Crippen molar-refractivity contribution in [2.75, 3.05) is 18.8 Å². The summed E-state index contributed by atoms with van der Waals surface area (Å²) < 4.78 is 0. The van der Waals surface area contributed by atoms with Crippen molar-refractivity contribution in [2.24, 2.45) is 5.73 Å². The summed E-state index contributed by atoms with van der Waals surface area (Å²) >= 11 is 0. The molecule has 1 aliphatic rings. The number of anilines is 1. The van der Waals surface area contributed by atoms with E-state index in [0.29, 0.717) is 16.9 Å². The summed E-state index contributed by atoms with van der Waals surface area (Å²) in [7, 11) is 0. The van der Waals surface area contributed by atoms with Crippen LogP contribution < -0.4 is 16.8 Å². The van der Waals surface area contributed by atoms with Crippen LogP contribution in [0, 0.1) is 0 Å². The van der Waals surface area contributed by atoms with Crippen LogP contribution in [0.4, 0.5) is 5.69 Å². The van der Waals surface area contributed by atoms with Gasteiger partial charge in [0.1, 0.15) is 5.75 Å². The molecule has 7 nitrogen and oxygen atoms in total. The molecular formula is C20H22N6O. The summed E-state index contributed by atoms with van der Waals surface area (Å²) in [5.74, 6) is 0.105. The molecule has 0 radical (unpaired) electrons. The number of nitrogens with two attached hydrogens (primary N) is 2. The Balaban J connectivity index is 1.63. The Kier molecular flexibility index (Phi) is 4.43. The SMILES string of the molecule is N/C(=C\c1[nH]cc(C2=CCNCC2)c1N)c1ccc(-c2cn[nH]c2)cc1O. The number of hydrogen-bond donors (Lipinski definition) is 6. The van der Waals surface area contributed by atoms with Crippen molar-refractivity contribution in [3.63, 3.8) is 0 Å². The summed E-state index contributed by atoms with van der Waals surface area (Å²) in [6, 6.07) is 5.35. The Morgan fingerprint density at radius 2 is 2.11 bits per heavy atom. The maximum atomic E-state index is 10.4. The predicted molar refractivity (Wildman–Crippen MR) is 108 cm³/mol. The predicted octanol–water partition coefficient (Wildman–Crippen LogP) is 2.53. The zero-order valence-electron chi connectivity index (χ0n) is 14.8. The molecule has 7 heteroatoms. The van der Waals surface area contributed by atoms with Gasteiger partial charge in [0.25, 0.3) is 0 Å². The van der Waals surface area contributed by atoms with Crippen LogP contribution in [0.15, 0.2) is 42.9 Å². The normalized spacial score (nSPS) is 15.0. The number of nitrogens with zero attached hydrogens (tertiary/aromatic N) is 1. The van der Waals surface area contributed by atoms with Crippen molar-refractivity contribution in [1.29, 1.82) is 0 Å². The van der Waals surface area contributed by atoms with Crippen LogP contribution >= 0.6 is 0 Å². The topological polar surface area (TPSA) is 129 Å². The van der Waals surface area contributed by atoms with Gasteiger partial charge in [0.05, 0.1) is 17.6 Å². The van der Waals surface area contributed by atoms with Gasteiger partial charge in [-0.1, -0.05) is 12.1 Å². The van der Waals surface area contributed by atoms with Crippen molar-refractivity contribution in [1.82, 2.24) is 20.5 Å². The Morgan fingerprint density at radius 1 is 1.22 bits per heavy atom. The largest absolute Gasteiger partial charge is 0.507 e. The third-order valence-electron chi connectivity index (χ3n) is 4.80. The zero-order chi connectivity index (χ0) is 18.8. The van der Waals surface area contributed by atoms with Crippen LogP contribution in [0.1, 0.15) is 23.2 Å². The standard InChI is InChI=1S/C20H22N6O/c21-17(15-2-1-13(7-19(15)27)14-9-25-26-10-14)8-18-20(22)16(11-24-18)12-3-5-23-6-4-12/h1-3,7-11,23-24,27H,4-6,21-22H2,(H,25,26)/b17-8-. The highest BCUT2D eigenvalue weighted by Crippen LogP contribution is 2.32. The molecule has 4 rings (SSSR count). The highest BCUT2D eigenvalue weighted by atomic mass is 16.3. The van der Waals surface area contributed by atoms with E-state index in [1.165, 1.54) is 5.57 Å². The van der Waals surface area contributed by atoms with E-state index in [4.69, 9.17) is 11.5 Å². The molecule has 138 valence electrons. The van der Waals surface area contributed by atoms with Gasteiger partial charge in [0, 0.05) is 41.3 Å². The Hall–Kier alpha value is -3.45. The number of aromatic nitrogens is 3. The molecule has 3 aromatic rings. The maximum Gasteiger partial charge on any atom is 0.125 e. The molecule has 1 aliphatic heterocycles. The first kappa shape index (κ1) is 17.0. The van der Waals surface area contributed by atoms with E-state index >= 15 is 0 Å². The van der Waals surface area contributed by atoms with Gasteiger partial charge in [-0.3, -0.25) is 5.10 Å². The summed E-state index contributed by atoms with van der Waals surface area (Å²) in [5, 5.41) is 20.4. The van der Waals surface area contributed by atoms with Gasteiger partial charge in [-0.15, -0.1) is 0 Å². The van der Waals surface area contributed by atoms with Crippen LogP contribution in [0.25, 0.3) is 28.5 Å². The summed E-state index contributed by atoms with van der Waals surface area (Å²) in [4.78, 5) is 3.19. The highest BCUT2D eigenvalue weighted by molar-refractivity contribution is 5.88. The molecule has 2 aromatic heterocycles. The lowest BCUT2D eigenvalue weighted by Gasteiger charge is -2.13. The average Bonchev–Trinajstić information content (AvgIpc) is 3.33. The quantitative estimate of drug-likeness (QED) is 0.425. The lowest BCUT2D eigenvalue weighted by Crippen LogP contribution is -2.20. The highest BCUT2D eigenvalue weighted by Gasteiger charge is 2.14. The van der Waals surface area contributed by atoms with E-state index in [2.05, 4.69) is 26.6 Å². The lowest BCUT2D eigenvalue weighted by molar-refractivity contribution is 0.474. The van der Waals surface area contributed by atoms with E-state index in [1.807, 2.05) is 12.3 Å². The molecule has 0 amide bonds. The molecule has 8 N–H and O–H groups in total. The van der Waals surface area contributed by atoms with Crippen LogP contribution in [0.3, 0.4) is 0 Å². The Labute approximate surface area is 156 Å². The Morgan fingerprint density at radius 3 is 2.81 bits per heavy atom. The molecule has 0 saturated heterocycles. The second kappa shape index (κ2) is 7.05. The molecule has 3 heterocycles. The van der Waals surface area contributed by atoms with Gasteiger partial charge in [-0.05, 0) is 42.3 Å². The van der Waals surface area contributed by atoms with Crippen LogP contribution in [-0.2, 0) is 0 Å². The minimum absolute atomic E-state index is 0.105. The molecule has 0 atom stereocenters. The molecule has 0 saturated carbocycles. The molecule has 0 bridgehead atoms. The molecule has 0 aliphatic carbocycles. The molecule has 1 aromatic carbocycles. The van der Waals surface area contributed by atoms with Crippen LogP contribution in [0.5, 0.6) is 5.75 Å². The number of benzene rings is 1. The van der Waals surface area contributed by atoms with Crippen molar-refractivity contribution in [3.05, 3.63) is 59.7 Å². The smallest absolute Gasteiger partial charge is 0.125 e. The summed E-state index contributed by atoms with van der Waals surface area (Å²) in [6.45, 7) is 1.80. The molecular weight excluding hydrogens is 340 g/mol. The number of hydrogen-bond acceptors (Lipinski definition) is 5. The second-order valence-corrected chi connectivity index (χ2v) is 6.53. The van der Waals surface area contributed by atoms with Gasteiger partial charge >= 0.3 is 0 Å². The number of aromatic hydroxyl groups is 1. The number of phenols is 1. The first-order valence-corrected chi connectivity index (χ1v) is 8.80. The number of aromatic amines is 2. The minimum Gasteiger partial charge on any atom is -0.507 e. The fourth-order valence-electron chi connectivity index (χ4n) is 3.30. The number of nitrogens with one attached hydrogen (secondary N) is 3. The van der Waals surface area contributed by atoms with E-state index in [0.717, 1.165) is 41.9 Å². The number of nitrogen functional groups attached to an aromatic ring is 1. The van der Waals surface area contributed by atoms with Crippen LogP contribution in [-0.4, -0.2) is 33.4 Å². The maximum absolute atomic E-state index is 10.4. The first-order chi connectivity index (χ1) is 13.1. The van der Waals surface area contributed by atoms with Gasteiger partial charge in [-0.25, -0.2) is 0 Å². The molecule has 0 unspecified atom stereocenters. The zero-order valence-corrected chi connectivity index (χ0v) is 14.8. The molecule has 27 heavy (non-hydrogen) atoms. The third-order valence-corrected chi connectivity index (χ3v) is 4.80. The minimum atomic E-state index is 0.105. The average molecular weight is 362 g/mol. The monoisotopic (exact) mass is 362 g/mol. The van der Waals surface area contributed by atoms with Crippen molar-refractivity contribution in [2.45, 2.75) is 6.42 Å². The van der Waals surface area contributed by atoms with E-state index in [1.54, 1.807) is 30.6 Å². The molecule has 0 fully saturated rings. The van der Waals surface area contributed by atoms with Gasteiger partial charge in [0.2, 0.25) is 0 Å². The third kappa shape index (κ3) is 3.32. The van der Waals surface area contributed by atoms with E-state index in [9.17, 15) is 5.11 Å². The fourth-order valence-corrected chi connectivity index (χ4v) is 3.30. The van der Waals surface area contributed by atoms with Crippen molar-refractivity contribution >= 4 is 23.0 Å². The number of phenolic OH excluding ortho intramolecular Hbond substituents is 1. The lowest BCUT2D eigenvalue weighted by atomic mass is 10.0. The number of H-pyrrole nitrogens is 2. The van der Waals surface area contributed by atoms with E-state index in [-0.39, 0.29) is 5.75 Å². The van der Waals surface area contributed by atoms with Crippen molar-refractivity contribution in [3.8, 4) is 16.9 Å². The van der Waals surface area contributed by atoms with Gasteiger partial charge in [0.15, 0.2) is 0 Å².